The predicted octanol–water partition coefficient (Wildman–Crippen LogP) is 2.55. The monoisotopic (exact) mass is 416 g/mol. The summed E-state index contributed by atoms with van der Waals surface area (Å²) in [6.07, 6.45) is 17.7. The first-order valence-corrected chi connectivity index (χ1v) is 12.0. The van der Waals surface area contributed by atoms with Crippen LogP contribution in [0.15, 0.2) is 0 Å². The van der Waals surface area contributed by atoms with Gasteiger partial charge in [0.05, 0.1) is 10.1 Å². The van der Waals surface area contributed by atoms with Gasteiger partial charge in [0.25, 0.3) is 0 Å². The normalized spacial score (nSPS) is 12.7. The van der Waals surface area contributed by atoms with E-state index in [1.54, 1.807) is 0 Å². The Labute approximate surface area is 205 Å². The van der Waals surface area contributed by atoms with Crippen molar-refractivity contribution >= 4 is 10.1 Å². The molecule has 1 N–H and O–H groups in total. The van der Waals surface area contributed by atoms with Gasteiger partial charge in [-0.1, -0.05) is 96.8 Å². The van der Waals surface area contributed by atoms with Crippen molar-refractivity contribution in [2.45, 2.75) is 121 Å². The summed E-state index contributed by atoms with van der Waals surface area (Å²) in [6.45, 7) is 2.45. The van der Waals surface area contributed by atoms with Crippen LogP contribution in [0.1, 0.15) is 116 Å². The fraction of sp³-hybridized carbons (Fsp3) is 1.00. The van der Waals surface area contributed by atoms with E-state index in [0.717, 1.165) is 51.4 Å². The maximum atomic E-state index is 11.4. The number of unbranched alkanes of at least 4 members (excludes halogenated alkanes) is 13. The fourth-order valence-corrected chi connectivity index (χ4v) is 4.22. The molecule has 1 atom stereocenters. The van der Waals surface area contributed by atoms with E-state index < -0.39 is 15.4 Å². The second-order valence-electron chi connectivity index (χ2n) is 7.37. The molecule has 0 aliphatic rings. The Bertz CT molecular complexity index is 374. The zero-order valence-corrected chi connectivity index (χ0v) is 21.3. The molecule has 0 fully saturated rings. The summed E-state index contributed by atoms with van der Waals surface area (Å²) < 4.78 is 34.2. The first-order chi connectivity index (χ1) is 12.0. The molecule has 0 spiro atoms. The molecule has 0 bridgehead atoms. The molecule has 0 aromatic carbocycles. The van der Waals surface area contributed by atoms with Crippen LogP contribution in [0.25, 0.3) is 0 Å². The Hall–Kier alpha value is 1.51. The van der Waals surface area contributed by atoms with Gasteiger partial charge in [-0.25, -0.2) is 8.42 Å². The summed E-state index contributed by atoms with van der Waals surface area (Å²) in [7, 11) is -4.16. The fourth-order valence-electron chi connectivity index (χ4n) is 3.31. The molecule has 1 unspecified atom stereocenters. The zero-order chi connectivity index (χ0) is 18.8. The molecule has 0 saturated heterocycles. The van der Waals surface area contributed by atoms with E-state index in [9.17, 15) is 13.0 Å². The van der Waals surface area contributed by atoms with Crippen LogP contribution in [0.5, 0.6) is 0 Å². The average molecular weight is 417 g/mol. The molecule has 0 aromatic heterocycles. The van der Waals surface area contributed by atoms with E-state index in [1.165, 1.54) is 44.9 Å². The van der Waals surface area contributed by atoms with Crippen LogP contribution in [0.4, 0.5) is 0 Å². The maximum Gasteiger partial charge on any atom is 1.00 e. The van der Waals surface area contributed by atoms with Crippen molar-refractivity contribution in [1.82, 2.24) is 0 Å². The summed E-state index contributed by atoms with van der Waals surface area (Å²) in [4.78, 5) is 0. The first kappa shape index (κ1) is 29.7. The Morgan fingerprint density at radius 2 is 1.04 bits per heavy atom. The largest absolute Gasteiger partial charge is 1.00 e. The minimum atomic E-state index is -4.16. The molecular formula is C20H41KO4S. The van der Waals surface area contributed by atoms with E-state index in [2.05, 4.69) is 6.92 Å². The van der Waals surface area contributed by atoms with Crippen molar-refractivity contribution in [2.75, 3.05) is 6.61 Å². The van der Waals surface area contributed by atoms with Gasteiger partial charge < -0.3 is 9.66 Å². The van der Waals surface area contributed by atoms with Gasteiger partial charge >= 0.3 is 51.4 Å². The Balaban J connectivity index is 0. The zero-order valence-electron chi connectivity index (χ0n) is 17.4. The molecule has 0 amide bonds. The van der Waals surface area contributed by atoms with Crippen molar-refractivity contribution in [2.24, 2.45) is 0 Å². The van der Waals surface area contributed by atoms with E-state index >= 15 is 0 Å². The van der Waals surface area contributed by atoms with Gasteiger partial charge in [-0.2, -0.15) is 0 Å². The third-order valence-electron chi connectivity index (χ3n) is 4.97. The summed E-state index contributed by atoms with van der Waals surface area (Å²) in [5.74, 6) is 0. The third-order valence-corrected chi connectivity index (χ3v) is 6.26. The topological polar surface area (TPSA) is 77.4 Å². The Morgan fingerprint density at radius 3 is 1.38 bits per heavy atom. The number of hydrogen-bond donors (Lipinski definition) is 1. The quantitative estimate of drug-likeness (QED) is 0.199. The molecule has 26 heavy (non-hydrogen) atoms. The molecular weight excluding hydrogens is 375 g/mol. The number of aliphatic hydroxyl groups excluding tert-OH is 1. The van der Waals surface area contributed by atoms with E-state index in [1.807, 2.05) is 0 Å². The van der Waals surface area contributed by atoms with Gasteiger partial charge in [-0.15, -0.1) is 0 Å². The van der Waals surface area contributed by atoms with Gasteiger partial charge in [-0.3, -0.25) is 0 Å². The van der Waals surface area contributed by atoms with E-state index in [0.29, 0.717) is 12.8 Å². The van der Waals surface area contributed by atoms with Crippen molar-refractivity contribution in [3.05, 3.63) is 0 Å². The molecule has 0 aromatic rings. The number of aliphatic hydroxyl groups is 1. The van der Waals surface area contributed by atoms with Gasteiger partial charge in [0, 0.05) is 11.9 Å². The SMILES string of the molecule is CCCCCCCCCCCCC(CCCCCCCO)S(=O)(=O)[O-].[K+]. The Kier molecular flexibility index (Phi) is 24.2. The third kappa shape index (κ3) is 20.2. The van der Waals surface area contributed by atoms with Crippen molar-refractivity contribution < 1.29 is 69.5 Å². The van der Waals surface area contributed by atoms with Crippen LogP contribution in [-0.4, -0.2) is 29.9 Å². The molecule has 0 aliphatic heterocycles. The summed E-state index contributed by atoms with van der Waals surface area (Å²) in [6, 6.07) is 0. The average Bonchev–Trinajstić information content (AvgIpc) is 2.56. The van der Waals surface area contributed by atoms with Crippen LogP contribution in [0.3, 0.4) is 0 Å². The molecule has 0 saturated carbocycles. The molecule has 6 heteroatoms. The molecule has 4 nitrogen and oxygen atoms in total. The van der Waals surface area contributed by atoms with E-state index in [-0.39, 0.29) is 58.0 Å². The minimum Gasteiger partial charge on any atom is -0.748 e. The Morgan fingerprint density at radius 1 is 0.692 bits per heavy atom. The van der Waals surface area contributed by atoms with Gasteiger partial charge in [-0.05, 0) is 19.3 Å². The molecule has 0 aliphatic carbocycles. The molecule has 0 radical (unpaired) electrons. The second-order valence-corrected chi connectivity index (χ2v) is 9.02. The van der Waals surface area contributed by atoms with Gasteiger partial charge in [0.2, 0.25) is 0 Å². The molecule has 0 heterocycles. The molecule has 152 valence electrons. The van der Waals surface area contributed by atoms with E-state index in [4.69, 9.17) is 5.11 Å². The predicted molar refractivity (Wildman–Crippen MR) is 105 cm³/mol. The summed E-state index contributed by atoms with van der Waals surface area (Å²) >= 11 is 0. The van der Waals surface area contributed by atoms with Gasteiger partial charge in [0.15, 0.2) is 0 Å². The van der Waals surface area contributed by atoms with Crippen LogP contribution in [0, 0.1) is 0 Å². The summed E-state index contributed by atoms with van der Waals surface area (Å²) in [5.41, 5.74) is 0. The summed E-state index contributed by atoms with van der Waals surface area (Å²) in [5, 5.41) is 8.02. The van der Waals surface area contributed by atoms with Crippen LogP contribution >= 0.6 is 0 Å². The van der Waals surface area contributed by atoms with Crippen LogP contribution in [-0.2, 0) is 10.1 Å². The number of rotatable bonds is 19. The van der Waals surface area contributed by atoms with Crippen molar-refractivity contribution in [3.8, 4) is 0 Å². The standard InChI is InChI=1S/C20H42O4S.K/c1-2-3-4-5-6-7-8-9-11-14-17-20(25(22,23)24)18-15-12-10-13-16-19-21;/h20-21H,2-19H2,1H3,(H,22,23,24);/q;+1/p-1. The van der Waals surface area contributed by atoms with Crippen LogP contribution < -0.4 is 51.4 Å². The molecule has 0 rings (SSSR count). The van der Waals surface area contributed by atoms with Crippen LogP contribution in [0.2, 0.25) is 0 Å². The second kappa shape index (κ2) is 21.2. The van der Waals surface area contributed by atoms with Crippen molar-refractivity contribution in [1.29, 1.82) is 0 Å². The number of hydrogen-bond acceptors (Lipinski definition) is 4. The van der Waals surface area contributed by atoms with Gasteiger partial charge in [0.1, 0.15) is 0 Å². The first-order valence-electron chi connectivity index (χ1n) is 10.6. The smallest absolute Gasteiger partial charge is 0.748 e. The van der Waals surface area contributed by atoms with Crippen molar-refractivity contribution in [3.63, 3.8) is 0 Å². The maximum absolute atomic E-state index is 11.4. The minimum absolute atomic E-state index is 0.